The van der Waals surface area contributed by atoms with Crippen molar-refractivity contribution in [3.63, 3.8) is 0 Å². The molecule has 0 unspecified atom stereocenters. The van der Waals surface area contributed by atoms with Gasteiger partial charge >= 0.3 is 0 Å². The van der Waals surface area contributed by atoms with Crippen LogP contribution < -0.4 is 0 Å². The first-order valence-corrected chi connectivity index (χ1v) is 8.93. The summed E-state index contributed by atoms with van der Waals surface area (Å²) in [5.74, 6) is -0.571. The van der Waals surface area contributed by atoms with Crippen molar-refractivity contribution >= 4 is 10.0 Å². The summed E-state index contributed by atoms with van der Waals surface area (Å²) in [6.07, 6.45) is 0. The topological polar surface area (TPSA) is 55.8 Å². The fourth-order valence-corrected chi connectivity index (χ4v) is 4.57. The van der Waals surface area contributed by atoms with Gasteiger partial charge in [-0.15, -0.1) is 0 Å². The summed E-state index contributed by atoms with van der Waals surface area (Å²) in [5.41, 5.74) is 1.89. The molecule has 3 rings (SSSR count). The van der Waals surface area contributed by atoms with Crippen molar-refractivity contribution in [3.8, 4) is 0 Å². The lowest BCUT2D eigenvalue weighted by Gasteiger charge is -2.53. The summed E-state index contributed by atoms with van der Waals surface area (Å²) >= 11 is 0. The summed E-state index contributed by atoms with van der Waals surface area (Å²) in [4.78, 5) is 0.364. The third-order valence-corrected chi connectivity index (χ3v) is 6.38. The lowest BCUT2D eigenvalue weighted by molar-refractivity contribution is -0.299. The highest BCUT2D eigenvalue weighted by atomic mass is 32.2. The molecule has 122 valence electrons. The largest absolute Gasteiger partial charge is 0.350 e. The lowest BCUT2D eigenvalue weighted by Crippen LogP contribution is -2.65. The summed E-state index contributed by atoms with van der Waals surface area (Å²) < 4.78 is 38.2. The Balaban J connectivity index is 1.73. The number of nitrogens with zero attached hydrogens (tertiary/aromatic N) is 1. The molecule has 2 saturated heterocycles. The van der Waals surface area contributed by atoms with Crippen molar-refractivity contribution in [1.82, 2.24) is 4.31 Å². The second kappa shape index (κ2) is 5.03. The van der Waals surface area contributed by atoms with Gasteiger partial charge in [-0.25, -0.2) is 8.42 Å². The summed E-state index contributed by atoms with van der Waals surface area (Å²) in [6.45, 7) is 9.65. The molecule has 0 amide bonds. The molecule has 1 aromatic rings. The number of aryl methyl sites for hydroxylation is 2. The first-order chi connectivity index (χ1) is 10.1. The first kappa shape index (κ1) is 15.9. The van der Waals surface area contributed by atoms with E-state index in [0.717, 1.165) is 11.1 Å². The minimum atomic E-state index is -3.42. The van der Waals surface area contributed by atoms with Crippen LogP contribution in [-0.2, 0) is 19.5 Å². The number of rotatable bonds is 2. The third-order valence-electron chi connectivity index (χ3n) is 4.59. The Labute approximate surface area is 132 Å². The zero-order valence-corrected chi connectivity index (χ0v) is 14.4. The summed E-state index contributed by atoms with van der Waals surface area (Å²) in [6, 6.07) is 5.28. The molecule has 2 aliphatic rings. The third kappa shape index (κ3) is 2.69. The molecule has 5 nitrogen and oxygen atoms in total. The van der Waals surface area contributed by atoms with E-state index in [-0.39, 0.29) is 5.41 Å². The van der Waals surface area contributed by atoms with Crippen molar-refractivity contribution in [3.05, 3.63) is 29.3 Å². The van der Waals surface area contributed by atoms with E-state index in [9.17, 15) is 8.42 Å². The van der Waals surface area contributed by atoms with Crippen LogP contribution in [0, 0.1) is 19.3 Å². The van der Waals surface area contributed by atoms with Crippen LogP contribution in [0.25, 0.3) is 0 Å². The van der Waals surface area contributed by atoms with Gasteiger partial charge in [-0.1, -0.05) is 6.07 Å². The lowest BCUT2D eigenvalue weighted by atomic mass is 9.82. The van der Waals surface area contributed by atoms with Crippen LogP contribution >= 0.6 is 0 Å². The Bertz CT molecular complexity index is 678. The van der Waals surface area contributed by atoms with Gasteiger partial charge in [0.2, 0.25) is 10.0 Å². The number of ether oxygens (including phenoxy) is 2. The van der Waals surface area contributed by atoms with Gasteiger partial charge in [-0.05, 0) is 51.0 Å². The quantitative estimate of drug-likeness (QED) is 0.835. The standard InChI is InChI=1S/C16H23NO4S/c1-12-5-6-14(7-13(12)2)22(18,19)17-8-16(9-17)10-20-15(3,4)21-11-16/h5-7H,8-11H2,1-4H3. The van der Waals surface area contributed by atoms with Gasteiger partial charge in [0, 0.05) is 18.5 Å². The SMILES string of the molecule is Cc1ccc(S(=O)(=O)N2CC3(COC(C)(C)OC3)C2)cc1C. The number of benzene rings is 1. The average Bonchev–Trinajstić information content (AvgIpc) is 2.39. The fourth-order valence-electron chi connectivity index (χ4n) is 2.81. The maximum atomic E-state index is 12.7. The smallest absolute Gasteiger partial charge is 0.243 e. The Morgan fingerprint density at radius 3 is 2.18 bits per heavy atom. The van der Waals surface area contributed by atoms with E-state index in [2.05, 4.69) is 0 Å². The molecule has 1 aromatic carbocycles. The van der Waals surface area contributed by atoms with Crippen LogP contribution in [-0.4, -0.2) is 44.8 Å². The van der Waals surface area contributed by atoms with Crippen LogP contribution in [0.4, 0.5) is 0 Å². The highest BCUT2D eigenvalue weighted by Crippen LogP contribution is 2.40. The van der Waals surface area contributed by atoms with Crippen LogP contribution in [0.3, 0.4) is 0 Å². The molecule has 6 heteroatoms. The molecule has 2 heterocycles. The van der Waals surface area contributed by atoms with E-state index >= 15 is 0 Å². The van der Waals surface area contributed by atoms with Crippen molar-refractivity contribution in [2.75, 3.05) is 26.3 Å². The molecular formula is C16H23NO4S. The van der Waals surface area contributed by atoms with Crippen molar-refractivity contribution in [1.29, 1.82) is 0 Å². The van der Waals surface area contributed by atoms with E-state index in [0.29, 0.717) is 31.2 Å². The van der Waals surface area contributed by atoms with Gasteiger partial charge in [0.1, 0.15) is 0 Å². The molecule has 2 fully saturated rings. The van der Waals surface area contributed by atoms with E-state index in [1.807, 2.05) is 33.8 Å². The highest BCUT2D eigenvalue weighted by Gasteiger charge is 2.52. The zero-order valence-electron chi connectivity index (χ0n) is 13.5. The highest BCUT2D eigenvalue weighted by molar-refractivity contribution is 7.89. The number of sulfonamides is 1. The first-order valence-electron chi connectivity index (χ1n) is 7.49. The molecule has 0 radical (unpaired) electrons. The molecule has 0 saturated carbocycles. The molecule has 0 atom stereocenters. The second-order valence-electron chi connectivity index (χ2n) is 7.00. The van der Waals surface area contributed by atoms with Crippen molar-refractivity contribution in [2.24, 2.45) is 5.41 Å². The Kier molecular flexibility index (Phi) is 3.64. The monoisotopic (exact) mass is 325 g/mol. The van der Waals surface area contributed by atoms with E-state index in [1.165, 1.54) is 4.31 Å². The maximum Gasteiger partial charge on any atom is 0.243 e. The molecule has 1 spiro atoms. The predicted octanol–water partition coefficient (Wildman–Crippen LogP) is 2.08. The zero-order chi connectivity index (χ0) is 16.2. The van der Waals surface area contributed by atoms with Crippen molar-refractivity contribution < 1.29 is 17.9 Å². The fraction of sp³-hybridized carbons (Fsp3) is 0.625. The molecule has 0 aliphatic carbocycles. The van der Waals surface area contributed by atoms with Crippen LogP contribution in [0.2, 0.25) is 0 Å². The van der Waals surface area contributed by atoms with Gasteiger partial charge < -0.3 is 9.47 Å². The summed E-state index contributed by atoms with van der Waals surface area (Å²) in [7, 11) is -3.42. The second-order valence-corrected chi connectivity index (χ2v) is 8.93. The average molecular weight is 325 g/mol. The molecule has 0 aromatic heterocycles. The molecule has 0 bridgehead atoms. The van der Waals surface area contributed by atoms with E-state index in [1.54, 1.807) is 12.1 Å². The number of hydrogen-bond acceptors (Lipinski definition) is 4. The predicted molar refractivity (Wildman–Crippen MR) is 83.1 cm³/mol. The molecule has 0 N–H and O–H groups in total. The van der Waals surface area contributed by atoms with E-state index in [4.69, 9.17) is 9.47 Å². The van der Waals surface area contributed by atoms with Gasteiger partial charge in [0.15, 0.2) is 5.79 Å². The Morgan fingerprint density at radius 2 is 1.64 bits per heavy atom. The maximum absolute atomic E-state index is 12.7. The van der Waals surface area contributed by atoms with E-state index < -0.39 is 15.8 Å². The summed E-state index contributed by atoms with van der Waals surface area (Å²) in [5, 5.41) is 0. The van der Waals surface area contributed by atoms with Crippen molar-refractivity contribution in [2.45, 2.75) is 38.4 Å². The van der Waals surface area contributed by atoms with Gasteiger partial charge in [-0.3, -0.25) is 0 Å². The minimum absolute atomic E-state index is 0.192. The van der Waals surface area contributed by atoms with Gasteiger partial charge in [-0.2, -0.15) is 4.31 Å². The van der Waals surface area contributed by atoms with Crippen LogP contribution in [0.1, 0.15) is 25.0 Å². The molecule has 2 aliphatic heterocycles. The molecular weight excluding hydrogens is 302 g/mol. The van der Waals surface area contributed by atoms with Gasteiger partial charge in [0.05, 0.1) is 18.1 Å². The Morgan fingerprint density at radius 1 is 1.05 bits per heavy atom. The van der Waals surface area contributed by atoms with Gasteiger partial charge in [0.25, 0.3) is 0 Å². The Hall–Kier alpha value is -0.950. The minimum Gasteiger partial charge on any atom is -0.350 e. The number of hydrogen-bond donors (Lipinski definition) is 0. The van der Waals surface area contributed by atoms with Crippen LogP contribution in [0.15, 0.2) is 23.1 Å². The molecule has 22 heavy (non-hydrogen) atoms. The van der Waals surface area contributed by atoms with Crippen LogP contribution in [0.5, 0.6) is 0 Å². The normalized spacial score (nSPS) is 24.2.